The van der Waals surface area contributed by atoms with Crippen LogP contribution < -0.4 is 10.1 Å². The Bertz CT molecular complexity index is 1010. The highest BCUT2D eigenvalue weighted by Gasteiger charge is 2.25. The number of rotatable bonds is 8. The van der Waals surface area contributed by atoms with E-state index in [1.54, 1.807) is 7.11 Å². The summed E-state index contributed by atoms with van der Waals surface area (Å²) in [6.45, 7) is 5.01. The summed E-state index contributed by atoms with van der Waals surface area (Å²) in [6.07, 6.45) is 2.50. The second-order valence-electron chi connectivity index (χ2n) is 8.32. The summed E-state index contributed by atoms with van der Waals surface area (Å²) in [7, 11) is 1.66. The fourth-order valence-electron chi connectivity index (χ4n) is 3.95. The molecule has 2 aromatic carbocycles. The molecule has 1 saturated heterocycles. The predicted octanol–water partition coefficient (Wildman–Crippen LogP) is 3.62. The number of piperidine rings is 1. The molecule has 0 unspecified atom stereocenters. The van der Waals surface area contributed by atoms with Crippen molar-refractivity contribution in [2.24, 2.45) is 5.92 Å². The first-order valence-corrected chi connectivity index (χ1v) is 11.1. The third-order valence-electron chi connectivity index (χ3n) is 5.97. The molecule has 0 radical (unpaired) electrons. The molecule has 1 aliphatic heterocycles. The van der Waals surface area contributed by atoms with Crippen molar-refractivity contribution >= 4 is 5.91 Å². The molecule has 1 aliphatic rings. The zero-order valence-electron chi connectivity index (χ0n) is 18.7. The standard InChI is InChI=1S/C25H30N4O3/c1-18-3-7-20(8-4-18)24-27-23(32-28-24)17-29-15-12-21(13-16-29)25(30)26-14-11-19-5-9-22(31-2)10-6-19/h3-10,21H,11-17H2,1-2H3,(H,26,30). The van der Waals surface area contributed by atoms with E-state index in [1.165, 1.54) is 11.1 Å². The Morgan fingerprint density at radius 3 is 2.53 bits per heavy atom. The van der Waals surface area contributed by atoms with Crippen molar-refractivity contribution in [3.8, 4) is 17.1 Å². The summed E-state index contributed by atoms with van der Waals surface area (Å²) in [6, 6.07) is 16.0. The van der Waals surface area contributed by atoms with Crippen LogP contribution in [0, 0.1) is 12.8 Å². The van der Waals surface area contributed by atoms with Gasteiger partial charge in [-0.1, -0.05) is 47.1 Å². The van der Waals surface area contributed by atoms with Gasteiger partial charge in [-0.05, 0) is 57.0 Å². The fourth-order valence-corrected chi connectivity index (χ4v) is 3.95. The van der Waals surface area contributed by atoms with Crippen molar-refractivity contribution in [1.82, 2.24) is 20.4 Å². The minimum Gasteiger partial charge on any atom is -0.497 e. The van der Waals surface area contributed by atoms with Gasteiger partial charge in [0.2, 0.25) is 17.6 Å². The van der Waals surface area contributed by atoms with Gasteiger partial charge in [-0.3, -0.25) is 9.69 Å². The lowest BCUT2D eigenvalue weighted by atomic mass is 9.96. The van der Waals surface area contributed by atoms with Gasteiger partial charge in [-0.15, -0.1) is 0 Å². The molecule has 0 bridgehead atoms. The normalized spacial score (nSPS) is 14.9. The monoisotopic (exact) mass is 434 g/mol. The van der Waals surface area contributed by atoms with Crippen molar-refractivity contribution in [1.29, 1.82) is 0 Å². The molecule has 0 spiro atoms. The predicted molar refractivity (Wildman–Crippen MR) is 122 cm³/mol. The van der Waals surface area contributed by atoms with Crippen LogP contribution in [0.5, 0.6) is 5.75 Å². The Labute approximate surface area is 188 Å². The molecule has 2 heterocycles. The first kappa shape index (κ1) is 22.0. The summed E-state index contributed by atoms with van der Waals surface area (Å²) in [5.41, 5.74) is 3.34. The molecule has 1 fully saturated rings. The second kappa shape index (κ2) is 10.4. The van der Waals surface area contributed by atoms with Crippen LogP contribution in [-0.2, 0) is 17.8 Å². The molecule has 0 saturated carbocycles. The largest absolute Gasteiger partial charge is 0.497 e. The Balaban J connectivity index is 1.19. The van der Waals surface area contributed by atoms with Crippen LogP contribution >= 0.6 is 0 Å². The van der Waals surface area contributed by atoms with E-state index in [2.05, 4.69) is 27.3 Å². The highest BCUT2D eigenvalue weighted by Crippen LogP contribution is 2.21. The van der Waals surface area contributed by atoms with Crippen LogP contribution in [0.1, 0.15) is 29.9 Å². The minimum atomic E-state index is 0.0629. The summed E-state index contributed by atoms with van der Waals surface area (Å²) < 4.78 is 10.6. The Morgan fingerprint density at radius 2 is 1.84 bits per heavy atom. The van der Waals surface area contributed by atoms with E-state index in [-0.39, 0.29) is 11.8 Å². The van der Waals surface area contributed by atoms with Gasteiger partial charge in [0, 0.05) is 18.0 Å². The maximum atomic E-state index is 12.5. The number of nitrogens with one attached hydrogen (secondary N) is 1. The maximum Gasteiger partial charge on any atom is 0.241 e. The molecule has 7 heteroatoms. The number of benzene rings is 2. The summed E-state index contributed by atoms with van der Waals surface area (Å²) >= 11 is 0. The van der Waals surface area contributed by atoms with Gasteiger partial charge in [0.1, 0.15) is 5.75 Å². The zero-order valence-corrected chi connectivity index (χ0v) is 18.7. The van der Waals surface area contributed by atoms with E-state index in [0.717, 1.165) is 43.7 Å². The van der Waals surface area contributed by atoms with Crippen molar-refractivity contribution in [3.63, 3.8) is 0 Å². The van der Waals surface area contributed by atoms with Crippen molar-refractivity contribution in [2.75, 3.05) is 26.7 Å². The van der Waals surface area contributed by atoms with Gasteiger partial charge in [0.05, 0.1) is 13.7 Å². The Kier molecular flexibility index (Phi) is 7.17. The van der Waals surface area contributed by atoms with E-state index in [9.17, 15) is 4.79 Å². The SMILES string of the molecule is COc1ccc(CCNC(=O)C2CCN(Cc3nc(-c4ccc(C)cc4)no3)CC2)cc1. The van der Waals surface area contributed by atoms with Gasteiger partial charge < -0.3 is 14.6 Å². The lowest BCUT2D eigenvalue weighted by Crippen LogP contribution is -2.40. The number of ether oxygens (including phenoxy) is 1. The minimum absolute atomic E-state index is 0.0629. The Hall–Kier alpha value is -3.19. The number of amides is 1. The average Bonchev–Trinajstić information content (AvgIpc) is 3.29. The van der Waals surface area contributed by atoms with E-state index in [0.29, 0.717) is 24.8 Å². The highest BCUT2D eigenvalue weighted by molar-refractivity contribution is 5.78. The highest BCUT2D eigenvalue weighted by atomic mass is 16.5. The molecular formula is C25H30N4O3. The van der Waals surface area contributed by atoms with E-state index in [4.69, 9.17) is 9.26 Å². The second-order valence-corrected chi connectivity index (χ2v) is 8.32. The number of carbonyl (C=O) groups is 1. The third kappa shape index (κ3) is 5.73. The molecule has 4 rings (SSSR count). The number of methoxy groups -OCH3 is 1. The Morgan fingerprint density at radius 1 is 1.12 bits per heavy atom. The van der Waals surface area contributed by atoms with Crippen LogP contribution in [0.3, 0.4) is 0 Å². The van der Waals surface area contributed by atoms with Crippen LogP contribution in [0.25, 0.3) is 11.4 Å². The molecule has 32 heavy (non-hydrogen) atoms. The quantitative estimate of drug-likeness (QED) is 0.583. The molecule has 1 aromatic heterocycles. The topological polar surface area (TPSA) is 80.5 Å². The number of hydrogen-bond donors (Lipinski definition) is 1. The number of nitrogens with zero attached hydrogens (tertiary/aromatic N) is 3. The molecule has 7 nitrogen and oxygen atoms in total. The van der Waals surface area contributed by atoms with Gasteiger partial charge in [-0.2, -0.15) is 4.98 Å². The first-order valence-electron chi connectivity index (χ1n) is 11.1. The van der Waals surface area contributed by atoms with E-state index >= 15 is 0 Å². The van der Waals surface area contributed by atoms with Gasteiger partial charge in [0.25, 0.3) is 0 Å². The molecule has 1 N–H and O–H groups in total. The number of aromatic nitrogens is 2. The summed E-state index contributed by atoms with van der Waals surface area (Å²) in [5.74, 6) is 2.29. The molecular weight excluding hydrogens is 404 g/mol. The fraction of sp³-hybridized carbons (Fsp3) is 0.400. The summed E-state index contributed by atoms with van der Waals surface area (Å²) in [4.78, 5) is 19.4. The number of carbonyl (C=O) groups excluding carboxylic acids is 1. The number of likely N-dealkylation sites (tertiary alicyclic amines) is 1. The van der Waals surface area contributed by atoms with Gasteiger partial charge in [-0.25, -0.2) is 0 Å². The summed E-state index contributed by atoms with van der Waals surface area (Å²) in [5, 5.41) is 7.20. The maximum absolute atomic E-state index is 12.5. The van der Waals surface area contributed by atoms with E-state index in [1.807, 2.05) is 48.5 Å². The molecule has 1 amide bonds. The third-order valence-corrected chi connectivity index (χ3v) is 5.97. The van der Waals surface area contributed by atoms with Crippen molar-refractivity contribution in [3.05, 3.63) is 65.5 Å². The number of hydrogen-bond acceptors (Lipinski definition) is 6. The lowest BCUT2D eigenvalue weighted by molar-refractivity contribution is -0.126. The van der Waals surface area contributed by atoms with Crippen LogP contribution in [0.15, 0.2) is 53.1 Å². The van der Waals surface area contributed by atoms with Crippen molar-refractivity contribution in [2.45, 2.75) is 32.7 Å². The van der Waals surface area contributed by atoms with Crippen LogP contribution in [-0.4, -0.2) is 47.7 Å². The smallest absolute Gasteiger partial charge is 0.241 e. The van der Waals surface area contributed by atoms with Crippen LogP contribution in [0.2, 0.25) is 0 Å². The molecule has 168 valence electrons. The zero-order chi connectivity index (χ0) is 22.3. The molecule has 0 atom stereocenters. The molecule has 0 aliphatic carbocycles. The van der Waals surface area contributed by atoms with Gasteiger partial charge in [0.15, 0.2) is 0 Å². The number of aryl methyl sites for hydroxylation is 1. The van der Waals surface area contributed by atoms with E-state index < -0.39 is 0 Å². The van der Waals surface area contributed by atoms with Gasteiger partial charge >= 0.3 is 0 Å². The first-order chi connectivity index (χ1) is 15.6. The van der Waals surface area contributed by atoms with Crippen LogP contribution in [0.4, 0.5) is 0 Å². The van der Waals surface area contributed by atoms with Crippen molar-refractivity contribution < 1.29 is 14.1 Å². The average molecular weight is 435 g/mol. The lowest BCUT2D eigenvalue weighted by Gasteiger charge is -2.30. The molecule has 3 aromatic rings.